The molecule has 2 N–H and O–H groups in total. The zero-order valence-electron chi connectivity index (χ0n) is 15.5. The lowest BCUT2D eigenvalue weighted by Crippen LogP contribution is -2.47. The zero-order valence-corrected chi connectivity index (χ0v) is 17.1. The summed E-state index contributed by atoms with van der Waals surface area (Å²) in [6, 6.07) is 4.74. The fourth-order valence-corrected chi connectivity index (χ4v) is 4.39. The van der Waals surface area contributed by atoms with Gasteiger partial charge in [0, 0.05) is 24.9 Å². The molecule has 0 bridgehead atoms. The van der Waals surface area contributed by atoms with Crippen molar-refractivity contribution in [1.29, 1.82) is 0 Å². The Morgan fingerprint density at radius 3 is 3.07 bits per heavy atom. The molecule has 3 heterocycles. The molecule has 4 rings (SSSR count). The number of hydrogen-bond donors (Lipinski definition) is 2. The van der Waals surface area contributed by atoms with Crippen LogP contribution in [0.5, 0.6) is 11.5 Å². The molecule has 2 aliphatic heterocycles. The maximum atomic E-state index is 12.9. The van der Waals surface area contributed by atoms with Crippen LogP contribution in [0.15, 0.2) is 35.6 Å². The zero-order chi connectivity index (χ0) is 20.4. The van der Waals surface area contributed by atoms with Crippen molar-refractivity contribution in [2.75, 3.05) is 13.3 Å². The Bertz CT molecular complexity index is 990. The van der Waals surface area contributed by atoms with Crippen LogP contribution in [-0.4, -0.2) is 50.4 Å². The van der Waals surface area contributed by atoms with Gasteiger partial charge in [-0.05, 0) is 30.7 Å². The van der Waals surface area contributed by atoms with E-state index in [2.05, 4.69) is 15.3 Å². The predicted molar refractivity (Wildman–Crippen MR) is 112 cm³/mol. The molecule has 8 nitrogen and oxygen atoms in total. The highest BCUT2D eigenvalue weighted by atomic mass is 32.2. The molecule has 2 aromatic rings. The summed E-state index contributed by atoms with van der Waals surface area (Å²) in [4.78, 5) is 34.1. The smallest absolute Gasteiger partial charge is 0.266 e. The first-order chi connectivity index (χ1) is 14.0. The van der Waals surface area contributed by atoms with Crippen LogP contribution in [0.3, 0.4) is 0 Å². The van der Waals surface area contributed by atoms with E-state index in [4.69, 9.17) is 21.7 Å². The summed E-state index contributed by atoms with van der Waals surface area (Å²) in [6.45, 7) is 2.29. The van der Waals surface area contributed by atoms with Gasteiger partial charge in [0.1, 0.15) is 10.4 Å². The number of benzene rings is 1. The van der Waals surface area contributed by atoms with Crippen molar-refractivity contribution in [3.8, 4) is 11.5 Å². The minimum Gasteiger partial charge on any atom is -0.454 e. The number of amides is 2. The van der Waals surface area contributed by atoms with E-state index >= 15 is 0 Å². The molecule has 1 aromatic heterocycles. The van der Waals surface area contributed by atoms with Gasteiger partial charge in [-0.25, -0.2) is 4.98 Å². The Morgan fingerprint density at radius 2 is 2.28 bits per heavy atom. The second kappa shape index (κ2) is 8.26. The molecule has 1 aromatic carbocycles. The largest absolute Gasteiger partial charge is 0.454 e. The Balaban J connectivity index is 1.41. The van der Waals surface area contributed by atoms with E-state index in [-0.39, 0.29) is 18.6 Å². The van der Waals surface area contributed by atoms with Crippen molar-refractivity contribution in [1.82, 2.24) is 20.2 Å². The van der Waals surface area contributed by atoms with Gasteiger partial charge in [0.15, 0.2) is 11.5 Å². The fraction of sp³-hybridized carbons (Fsp3) is 0.263. The number of thiocarbonyl (C=S) groups is 1. The average molecular weight is 431 g/mol. The number of H-pyrrole nitrogens is 1. The molecule has 0 spiro atoms. The van der Waals surface area contributed by atoms with E-state index in [1.54, 1.807) is 37.7 Å². The van der Waals surface area contributed by atoms with E-state index in [1.165, 1.54) is 16.7 Å². The average Bonchev–Trinajstić information content (AvgIpc) is 3.43. The Kier molecular flexibility index (Phi) is 5.54. The third-order valence-corrected chi connectivity index (χ3v) is 5.86. The minimum atomic E-state index is -0.702. The van der Waals surface area contributed by atoms with Crippen LogP contribution >= 0.6 is 24.0 Å². The van der Waals surface area contributed by atoms with E-state index in [0.29, 0.717) is 33.7 Å². The second-order valence-corrected chi connectivity index (χ2v) is 8.13. The number of ether oxygens (including phenoxy) is 2. The van der Waals surface area contributed by atoms with Gasteiger partial charge in [0.05, 0.1) is 11.2 Å². The quantitative estimate of drug-likeness (QED) is 0.535. The van der Waals surface area contributed by atoms with Crippen molar-refractivity contribution < 1.29 is 19.1 Å². The van der Waals surface area contributed by atoms with E-state index in [9.17, 15) is 9.59 Å². The number of carbonyl (C=O) groups excluding carboxylic acids is 2. The second-order valence-electron chi connectivity index (χ2n) is 6.46. The minimum absolute atomic E-state index is 0.188. The highest BCUT2D eigenvalue weighted by molar-refractivity contribution is 8.26. The number of carbonyl (C=O) groups is 2. The van der Waals surface area contributed by atoms with Gasteiger partial charge in [-0.2, -0.15) is 0 Å². The van der Waals surface area contributed by atoms with Crippen molar-refractivity contribution in [3.05, 3.63) is 46.9 Å². The number of hydrogen-bond acceptors (Lipinski definition) is 7. The highest BCUT2D eigenvalue weighted by Gasteiger charge is 2.38. The molecule has 1 unspecified atom stereocenters. The lowest BCUT2D eigenvalue weighted by Gasteiger charge is -2.22. The van der Waals surface area contributed by atoms with E-state index in [0.717, 1.165) is 11.3 Å². The molecule has 0 radical (unpaired) electrons. The number of aromatic amines is 1. The van der Waals surface area contributed by atoms with Crippen LogP contribution in [0.2, 0.25) is 0 Å². The van der Waals surface area contributed by atoms with Gasteiger partial charge < -0.3 is 19.8 Å². The molecule has 2 amide bonds. The molecule has 150 valence electrons. The summed E-state index contributed by atoms with van der Waals surface area (Å²) >= 11 is 6.53. The van der Waals surface area contributed by atoms with Crippen LogP contribution in [-0.2, 0) is 16.0 Å². The van der Waals surface area contributed by atoms with Gasteiger partial charge in [-0.3, -0.25) is 14.5 Å². The lowest BCUT2D eigenvalue weighted by atomic mass is 10.2. The number of nitrogens with one attached hydrogen (secondary N) is 2. The van der Waals surface area contributed by atoms with Crippen LogP contribution in [0.4, 0.5) is 0 Å². The normalized spacial score (nSPS) is 17.8. The van der Waals surface area contributed by atoms with Crippen molar-refractivity contribution in [3.63, 3.8) is 0 Å². The number of rotatable bonds is 6. The Hall–Kier alpha value is -2.85. The molecule has 1 fully saturated rings. The third kappa shape index (κ3) is 4.13. The van der Waals surface area contributed by atoms with E-state index < -0.39 is 6.04 Å². The van der Waals surface area contributed by atoms with Crippen LogP contribution in [0.25, 0.3) is 6.08 Å². The topological polar surface area (TPSA) is 96.6 Å². The lowest BCUT2D eigenvalue weighted by molar-refractivity contribution is -0.132. The fourth-order valence-electron chi connectivity index (χ4n) is 2.97. The molecule has 0 aliphatic carbocycles. The molecule has 1 atom stereocenters. The SMILES string of the molecule is CC(C(=O)NCCc1cnc[nH]1)N1C(=O)/C(=C\c2ccc3c(c2)OCO3)SC1=S. The molecule has 1 saturated heterocycles. The number of nitrogens with zero attached hydrogens (tertiary/aromatic N) is 2. The third-order valence-electron chi connectivity index (χ3n) is 4.53. The van der Waals surface area contributed by atoms with Crippen molar-refractivity contribution >= 4 is 46.2 Å². The molecular formula is C19H18N4O4S2. The summed E-state index contributed by atoms with van der Waals surface area (Å²) < 4.78 is 11.0. The van der Waals surface area contributed by atoms with Crippen molar-refractivity contribution in [2.24, 2.45) is 0 Å². The van der Waals surface area contributed by atoms with Gasteiger partial charge in [0.2, 0.25) is 12.7 Å². The summed E-state index contributed by atoms with van der Waals surface area (Å²) in [5, 5.41) is 2.83. The first-order valence-electron chi connectivity index (χ1n) is 8.94. The number of thioether (sulfide) groups is 1. The standard InChI is InChI=1S/C19H18N4O4S2/c1-11(17(24)21-5-4-13-8-20-9-22-13)23-18(25)16(29-19(23)28)7-12-2-3-14-15(6-12)27-10-26-14/h2-3,6-9,11H,4-5,10H2,1H3,(H,20,22)(H,21,24)/b16-7+. The van der Waals surface area contributed by atoms with Crippen molar-refractivity contribution in [2.45, 2.75) is 19.4 Å². The Morgan fingerprint density at radius 1 is 1.45 bits per heavy atom. The maximum absolute atomic E-state index is 12.9. The monoisotopic (exact) mass is 430 g/mol. The molecular weight excluding hydrogens is 412 g/mol. The van der Waals surface area contributed by atoms with Crippen LogP contribution < -0.4 is 14.8 Å². The first-order valence-corrected chi connectivity index (χ1v) is 10.2. The van der Waals surface area contributed by atoms with E-state index in [1.807, 2.05) is 6.07 Å². The summed E-state index contributed by atoms with van der Waals surface area (Å²) in [5.74, 6) is 0.772. The Labute approximate surface area is 176 Å². The molecule has 0 saturated carbocycles. The van der Waals surface area contributed by atoms with Gasteiger partial charge >= 0.3 is 0 Å². The maximum Gasteiger partial charge on any atom is 0.266 e. The number of aromatic nitrogens is 2. The summed E-state index contributed by atoms with van der Waals surface area (Å²) in [7, 11) is 0. The van der Waals surface area contributed by atoms with Crippen LogP contribution in [0, 0.1) is 0 Å². The van der Waals surface area contributed by atoms with Gasteiger partial charge in [-0.15, -0.1) is 0 Å². The van der Waals surface area contributed by atoms with Crippen LogP contribution in [0.1, 0.15) is 18.2 Å². The van der Waals surface area contributed by atoms with Gasteiger partial charge in [0.25, 0.3) is 5.91 Å². The molecule has 29 heavy (non-hydrogen) atoms. The number of fused-ring (bicyclic) bond motifs is 1. The summed E-state index contributed by atoms with van der Waals surface area (Å²) in [6.07, 6.45) is 5.66. The van der Waals surface area contributed by atoms with Gasteiger partial charge in [-0.1, -0.05) is 30.0 Å². The highest BCUT2D eigenvalue weighted by Crippen LogP contribution is 2.37. The summed E-state index contributed by atoms with van der Waals surface area (Å²) in [5.41, 5.74) is 1.72. The molecule has 2 aliphatic rings. The first kappa shape index (κ1) is 19.5. The predicted octanol–water partition coefficient (Wildman–Crippen LogP) is 2.09. The number of imidazole rings is 1. The molecule has 10 heteroatoms.